The molecule has 0 spiro atoms. The molecule has 152 valence electrons. The third kappa shape index (κ3) is 4.89. The molecule has 0 saturated heterocycles. The van der Waals surface area contributed by atoms with Gasteiger partial charge in [0.15, 0.2) is 0 Å². The van der Waals surface area contributed by atoms with Crippen molar-refractivity contribution in [3.8, 4) is 11.1 Å². The van der Waals surface area contributed by atoms with Gasteiger partial charge in [-0.05, 0) is 22.3 Å². The van der Waals surface area contributed by atoms with Gasteiger partial charge in [-0.15, -0.1) is 0 Å². The van der Waals surface area contributed by atoms with Crippen LogP contribution in [0.2, 0.25) is 0 Å². The molecule has 0 aliphatic heterocycles. The first-order valence-electron chi connectivity index (χ1n) is 9.23. The molecule has 0 heterocycles. The van der Waals surface area contributed by atoms with Crippen LogP contribution in [0.1, 0.15) is 23.5 Å². The van der Waals surface area contributed by atoms with E-state index in [1.54, 1.807) is 0 Å². The van der Waals surface area contributed by atoms with Crippen LogP contribution in [0, 0.1) is 0 Å². The van der Waals surface area contributed by atoms with Crippen molar-refractivity contribution < 1.29 is 24.2 Å². The molecule has 0 saturated carbocycles. The average molecular weight is 414 g/mol. The van der Waals surface area contributed by atoms with Crippen LogP contribution in [-0.2, 0) is 14.3 Å². The number of hydrogen-bond acceptors (Lipinski definition) is 5. The van der Waals surface area contributed by atoms with Crippen LogP contribution in [0.3, 0.4) is 0 Å². The molecule has 2 amide bonds. The molecule has 2 aromatic carbocycles. The van der Waals surface area contributed by atoms with Gasteiger partial charge in [-0.1, -0.05) is 48.5 Å². The van der Waals surface area contributed by atoms with E-state index in [1.807, 2.05) is 36.4 Å². The Bertz CT molecular complexity index is 872. The van der Waals surface area contributed by atoms with Gasteiger partial charge in [0.05, 0.1) is 0 Å². The summed E-state index contributed by atoms with van der Waals surface area (Å²) in [5, 5.41) is 13.7. The Morgan fingerprint density at radius 1 is 1.03 bits per heavy atom. The van der Waals surface area contributed by atoms with Gasteiger partial charge in [-0.25, -0.2) is 9.59 Å². The zero-order valence-corrected chi connectivity index (χ0v) is 16.5. The fraction of sp³-hybridized carbons (Fsp3) is 0.286. The molecule has 0 radical (unpaired) electrons. The minimum absolute atomic E-state index is 0.0130. The number of carboxylic acid groups (broad SMARTS) is 1. The fourth-order valence-corrected chi connectivity index (χ4v) is 3.63. The number of benzene rings is 2. The highest BCUT2D eigenvalue weighted by atomic mass is 32.1. The highest BCUT2D eigenvalue weighted by Crippen LogP contribution is 2.44. The first-order valence-corrected chi connectivity index (χ1v) is 9.86. The number of carboxylic acids is 1. The van der Waals surface area contributed by atoms with Gasteiger partial charge < -0.3 is 20.5 Å². The van der Waals surface area contributed by atoms with E-state index in [4.69, 9.17) is 9.84 Å². The van der Waals surface area contributed by atoms with Crippen molar-refractivity contribution in [2.24, 2.45) is 0 Å². The number of rotatable bonds is 8. The summed E-state index contributed by atoms with van der Waals surface area (Å²) in [6.07, 6.45) is -0.675. The van der Waals surface area contributed by atoms with Crippen molar-refractivity contribution in [3.05, 3.63) is 59.7 Å². The average Bonchev–Trinajstić information content (AvgIpc) is 3.04. The van der Waals surface area contributed by atoms with E-state index in [0.29, 0.717) is 0 Å². The lowest BCUT2D eigenvalue weighted by Crippen LogP contribution is -2.43. The number of hydrogen-bond donors (Lipinski definition) is 4. The second kappa shape index (κ2) is 9.47. The highest BCUT2D eigenvalue weighted by molar-refractivity contribution is 7.80. The summed E-state index contributed by atoms with van der Waals surface area (Å²) in [5.74, 6) is -1.69. The zero-order valence-electron chi connectivity index (χ0n) is 15.6. The van der Waals surface area contributed by atoms with E-state index in [2.05, 4.69) is 35.4 Å². The first-order chi connectivity index (χ1) is 14.0. The molecular weight excluding hydrogens is 392 g/mol. The Hall–Kier alpha value is -3.00. The number of fused-ring (bicyclic) bond motifs is 3. The van der Waals surface area contributed by atoms with Crippen LogP contribution < -0.4 is 10.6 Å². The Morgan fingerprint density at radius 2 is 1.62 bits per heavy atom. The molecule has 0 fully saturated rings. The smallest absolute Gasteiger partial charge is 0.407 e. The predicted molar refractivity (Wildman–Crippen MR) is 111 cm³/mol. The van der Waals surface area contributed by atoms with Crippen LogP contribution >= 0.6 is 12.6 Å². The van der Waals surface area contributed by atoms with Crippen LogP contribution in [0.5, 0.6) is 0 Å². The van der Waals surface area contributed by atoms with Crippen molar-refractivity contribution >= 4 is 30.6 Å². The van der Waals surface area contributed by atoms with Crippen molar-refractivity contribution in [1.82, 2.24) is 10.6 Å². The lowest BCUT2D eigenvalue weighted by atomic mass is 9.98. The number of ether oxygens (including phenoxy) is 1. The molecule has 3 rings (SSSR count). The fourth-order valence-electron chi connectivity index (χ4n) is 3.38. The molecule has 3 N–H and O–H groups in total. The van der Waals surface area contributed by atoms with E-state index < -0.39 is 24.0 Å². The summed E-state index contributed by atoms with van der Waals surface area (Å²) in [5.41, 5.74) is 4.52. The van der Waals surface area contributed by atoms with E-state index in [9.17, 15) is 14.4 Å². The third-order valence-corrected chi connectivity index (χ3v) is 5.15. The summed E-state index contributed by atoms with van der Waals surface area (Å²) in [6.45, 7) is 0.230. The van der Waals surface area contributed by atoms with Gasteiger partial charge in [-0.3, -0.25) is 4.79 Å². The summed E-state index contributed by atoms with van der Waals surface area (Å²) in [6, 6.07) is 15.0. The van der Waals surface area contributed by atoms with E-state index in [1.165, 1.54) is 0 Å². The number of alkyl carbamates (subject to hydrolysis) is 1. The Balaban J connectivity index is 1.49. The Morgan fingerprint density at radius 3 is 2.17 bits per heavy atom. The number of nitrogens with one attached hydrogen (secondary N) is 2. The Labute approximate surface area is 173 Å². The number of amides is 2. The molecule has 0 aromatic heterocycles. The van der Waals surface area contributed by atoms with Gasteiger partial charge in [0.2, 0.25) is 5.91 Å². The molecule has 8 heteroatoms. The largest absolute Gasteiger partial charge is 0.480 e. The highest BCUT2D eigenvalue weighted by Gasteiger charge is 2.29. The van der Waals surface area contributed by atoms with Crippen LogP contribution in [0.4, 0.5) is 4.79 Å². The number of carbonyl (C=O) groups is 3. The van der Waals surface area contributed by atoms with Crippen LogP contribution in [0.25, 0.3) is 11.1 Å². The maximum atomic E-state index is 12.0. The summed E-state index contributed by atoms with van der Waals surface area (Å²) in [4.78, 5) is 34.6. The van der Waals surface area contributed by atoms with Gasteiger partial charge in [0.25, 0.3) is 0 Å². The summed E-state index contributed by atoms with van der Waals surface area (Å²) >= 11 is 3.88. The van der Waals surface area contributed by atoms with Crippen molar-refractivity contribution in [1.29, 1.82) is 0 Å². The number of carbonyl (C=O) groups excluding carboxylic acids is 2. The van der Waals surface area contributed by atoms with E-state index >= 15 is 0 Å². The van der Waals surface area contributed by atoms with Crippen molar-refractivity contribution in [3.63, 3.8) is 0 Å². The zero-order chi connectivity index (χ0) is 20.8. The first kappa shape index (κ1) is 20.7. The van der Waals surface area contributed by atoms with Crippen molar-refractivity contribution in [2.75, 3.05) is 18.9 Å². The Kier molecular flexibility index (Phi) is 6.77. The van der Waals surface area contributed by atoms with Gasteiger partial charge >= 0.3 is 12.1 Å². The molecule has 0 unspecified atom stereocenters. The second-order valence-corrected chi connectivity index (χ2v) is 7.01. The number of thiol groups is 1. The molecule has 1 atom stereocenters. The minimum Gasteiger partial charge on any atom is -0.480 e. The molecular formula is C21H22N2O5S. The topological polar surface area (TPSA) is 105 Å². The second-order valence-electron chi connectivity index (χ2n) is 6.64. The monoisotopic (exact) mass is 414 g/mol. The van der Waals surface area contributed by atoms with Gasteiger partial charge in [0, 0.05) is 24.6 Å². The number of aliphatic carboxylic acids is 1. The predicted octanol–water partition coefficient (Wildman–Crippen LogP) is 2.41. The third-order valence-electron chi connectivity index (χ3n) is 4.78. The molecule has 7 nitrogen and oxygen atoms in total. The van der Waals surface area contributed by atoms with Crippen LogP contribution in [0.15, 0.2) is 48.5 Å². The molecule has 29 heavy (non-hydrogen) atoms. The van der Waals surface area contributed by atoms with Gasteiger partial charge in [-0.2, -0.15) is 12.6 Å². The van der Waals surface area contributed by atoms with E-state index in [-0.39, 0.29) is 31.2 Å². The SMILES string of the molecule is O=C(CCNC(=O)OCC1c2ccccc2-c2ccccc21)N[C@@H](CS)C(=O)O. The summed E-state index contributed by atoms with van der Waals surface area (Å²) < 4.78 is 5.37. The molecule has 1 aliphatic carbocycles. The minimum atomic E-state index is -1.15. The lowest BCUT2D eigenvalue weighted by Gasteiger charge is -2.15. The summed E-state index contributed by atoms with van der Waals surface area (Å²) in [7, 11) is 0. The van der Waals surface area contributed by atoms with Crippen LogP contribution in [-0.4, -0.2) is 48.0 Å². The van der Waals surface area contributed by atoms with Crippen molar-refractivity contribution in [2.45, 2.75) is 18.4 Å². The molecule has 1 aliphatic rings. The standard InChI is InChI=1S/C21H22N2O5S/c24-19(23-18(12-29)20(25)26)9-10-22-21(27)28-11-17-15-7-3-1-5-13(15)14-6-2-4-8-16(14)17/h1-8,17-18,29H,9-12H2,(H,22,27)(H,23,24)(H,25,26)/t18-/m0/s1. The quantitative estimate of drug-likeness (QED) is 0.497. The normalized spacial score (nSPS) is 13.1. The molecule has 2 aromatic rings. The maximum absolute atomic E-state index is 12.0. The lowest BCUT2D eigenvalue weighted by molar-refractivity contribution is -0.141. The maximum Gasteiger partial charge on any atom is 0.407 e. The molecule has 0 bridgehead atoms. The van der Waals surface area contributed by atoms with E-state index in [0.717, 1.165) is 22.3 Å². The van der Waals surface area contributed by atoms with Gasteiger partial charge in [0.1, 0.15) is 12.6 Å².